The van der Waals surface area contributed by atoms with Crippen molar-refractivity contribution in [2.24, 2.45) is 5.92 Å². The zero-order valence-electron chi connectivity index (χ0n) is 19.0. The third-order valence-electron chi connectivity index (χ3n) is 6.21. The van der Waals surface area contributed by atoms with E-state index in [0.29, 0.717) is 11.8 Å². The number of hydrogen-bond donors (Lipinski definition) is 0. The smallest absolute Gasteiger partial charge is 0.0366 e. The predicted octanol–water partition coefficient (Wildman–Crippen LogP) is 6.81. The monoisotopic (exact) mass is 400 g/mol. The maximum absolute atomic E-state index is 4.07. The first-order valence-corrected chi connectivity index (χ1v) is 11.4. The minimum Gasteiger partial charge on any atom is -0.372 e. The summed E-state index contributed by atoms with van der Waals surface area (Å²) in [5.74, 6) is 0.621. The zero-order valence-corrected chi connectivity index (χ0v) is 19.0. The second-order valence-electron chi connectivity index (χ2n) is 7.88. The lowest BCUT2D eigenvalue weighted by Crippen LogP contribution is -2.22. The van der Waals surface area contributed by atoms with Crippen molar-refractivity contribution in [2.45, 2.75) is 33.6 Å². The van der Waals surface area contributed by atoms with Crippen LogP contribution in [0.3, 0.4) is 0 Å². The molecule has 2 heteroatoms. The largest absolute Gasteiger partial charge is 0.372 e. The summed E-state index contributed by atoms with van der Waals surface area (Å²) in [4.78, 5) is 4.78. The fraction of sp³-hybridized carbons (Fsp3) is 0.357. The van der Waals surface area contributed by atoms with Crippen LogP contribution in [-0.2, 0) is 0 Å². The molecule has 0 aliphatic heterocycles. The van der Waals surface area contributed by atoms with Crippen molar-refractivity contribution in [1.29, 1.82) is 0 Å². The van der Waals surface area contributed by atoms with Crippen LogP contribution in [0, 0.1) is 5.92 Å². The molecule has 0 saturated carbocycles. The Morgan fingerprint density at radius 3 is 1.37 bits per heavy atom. The van der Waals surface area contributed by atoms with E-state index in [0.717, 1.165) is 31.8 Å². The van der Waals surface area contributed by atoms with Crippen LogP contribution in [0.1, 0.15) is 44.7 Å². The summed E-state index contributed by atoms with van der Waals surface area (Å²) in [5, 5.41) is 0. The molecule has 0 heterocycles. The number of anilines is 2. The molecular weight excluding hydrogens is 364 g/mol. The Hall–Kier alpha value is -2.74. The van der Waals surface area contributed by atoms with E-state index in [-0.39, 0.29) is 0 Å². The van der Waals surface area contributed by atoms with Gasteiger partial charge in [0, 0.05) is 49.4 Å². The lowest BCUT2D eigenvalue weighted by Gasteiger charge is -2.28. The Kier molecular flexibility index (Phi) is 7.57. The van der Waals surface area contributed by atoms with Crippen molar-refractivity contribution < 1.29 is 0 Å². The molecule has 0 N–H and O–H groups in total. The van der Waals surface area contributed by atoms with Gasteiger partial charge < -0.3 is 9.80 Å². The topological polar surface area (TPSA) is 6.48 Å². The normalized spacial score (nSPS) is 13.8. The van der Waals surface area contributed by atoms with Gasteiger partial charge in [-0.3, -0.25) is 0 Å². The molecule has 0 bridgehead atoms. The molecule has 0 aromatic heterocycles. The molecule has 158 valence electrons. The van der Waals surface area contributed by atoms with Crippen LogP contribution < -0.4 is 9.80 Å². The van der Waals surface area contributed by atoms with Crippen LogP contribution >= 0.6 is 0 Å². The van der Waals surface area contributed by atoms with Gasteiger partial charge in [0.25, 0.3) is 0 Å². The van der Waals surface area contributed by atoms with Crippen LogP contribution in [-0.4, -0.2) is 26.2 Å². The Bertz CT molecular complexity index is 794. The zero-order chi connectivity index (χ0) is 21.5. The number of benzene rings is 2. The van der Waals surface area contributed by atoms with E-state index < -0.39 is 0 Å². The molecule has 0 atom stereocenters. The number of rotatable bonds is 9. The van der Waals surface area contributed by atoms with E-state index in [9.17, 15) is 0 Å². The maximum atomic E-state index is 4.07. The van der Waals surface area contributed by atoms with Gasteiger partial charge in [-0.2, -0.15) is 0 Å². The lowest BCUT2D eigenvalue weighted by molar-refractivity contribution is 0.681. The number of allylic oxidation sites excluding steroid dienone is 5. The average molecular weight is 401 g/mol. The number of hydrogen-bond acceptors (Lipinski definition) is 2. The lowest BCUT2D eigenvalue weighted by atomic mass is 9.78. The van der Waals surface area contributed by atoms with Gasteiger partial charge in [0.1, 0.15) is 0 Å². The molecule has 2 aromatic rings. The Morgan fingerprint density at radius 2 is 1.03 bits per heavy atom. The van der Waals surface area contributed by atoms with Gasteiger partial charge >= 0.3 is 0 Å². The molecule has 0 unspecified atom stereocenters. The molecule has 3 rings (SSSR count). The van der Waals surface area contributed by atoms with E-state index >= 15 is 0 Å². The number of nitrogens with zero attached hydrogens (tertiary/aromatic N) is 2. The fourth-order valence-corrected chi connectivity index (χ4v) is 4.41. The summed E-state index contributed by atoms with van der Waals surface area (Å²) in [6.07, 6.45) is 8.88. The molecule has 1 aliphatic rings. The summed E-state index contributed by atoms with van der Waals surface area (Å²) in [5.41, 5.74) is 6.37. The van der Waals surface area contributed by atoms with E-state index in [1.807, 2.05) is 0 Å². The van der Waals surface area contributed by atoms with Gasteiger partial charge in [0.2, 0.25) is 0 Å². The summed E-state index contributed by atoms with van der Waals surface area (Å²) in [6, 6.07) is 18.3. The van der Waals surface area contributed by atoms with E-state index in [1.165, 1.54) is 22.5 Å². The van der Waals surface area contributed by atoms with Crippen molar-refractivity contribution in [3.8, 4) is 0 Å². The van der Waals surface area contributed by atoms with Gasteiger partial charge in [-0.1, -0.05) is 55.1 Å². The highest BCUT2D eigenvalue weighted by molar-refractivity contribution is 5.53. The molecular formula is C28H36N2. The van der Waals surface area contributed by atoms with Gasteiger partial charge in [-0.05, 0) is 68.7 Å². The first-order chi connectivity index (χ1) is 14.6. The van der Waals surface area contributed by atoms with Crippen LogP contribution in [0.2, 0.25) is 0 Å². The highest BCUT2D eigenvalue weighted by Gasteiger charge is 2.23. The molecule has 0 amide bonds. The quantitative estimate of drug-likeness (QED) is 0.456. The maximum Gasteiger partial charge on any atom is 0.0366 e. The van der Waals surface area contributed by atoms with E-state index in [1.54, 1.807) is 0 Å². The minimum absolute atomic E-state index is 0.294. The van der Waals surface area contributed by atoms with Crippen LogP contribution in [0.15, 0.2) is 85.0 Å². The SMILES string of the molecule is C=C1C=CC(C(c2ccc(N(CC)CC)cc2)c2ccc(N(CC)CC)cc2)C=C1. The van der Waals surface area contributed by atoms with Gasteiger partial charge in [0.15, 0.2) is 0 Å². The summed E-state index contributed by atoms with van der Waals surface area (Å²) in [6.45, 7) is 17.0. The first-order valence-electron chi connectivity index (χ1n) is 11.4. The summed E-state index contributed by atoms with van der Waals surface area (Å²) >= 11 is 0. The third-order valence-corrected chi connectivity index (χ3v) is 6.21. The van der Waals surface area contributed by atoms with Crippen LogP contribution in [0.4, 0.5) is 11.4 Å². The highest BCUT2D eigenvalue weighted by atomic mass is 15.1. The van der Waals surface area contributed by atoms with Gasteiger partial charge in [-0.25, -0.2) is 0 Å². The molecule has 0 saturated heterocycles. The second-order valence-corrected chi connectivity index (χ2v) is 7.88. The molecule has 0 fully saturated rings. The fourth-order valence-electron chi connectivity index (χ4n) is 4.41. The van der Waals surface area contributed by atoms with Crippen LogP contribution in [0.25, 0.3) is 0 Å². The molecule has 1 aliphatic carbocycles. The first kappa shape index (κ1) is 22.0. The van der Waals surface area contributed by atoms with Gasteiger partial charge in [-0.15, -0.1) is 0 Å². The summed E-state index contributed by atoms with van der Waals surface area (Å²) in [7, 11) is 0. The Morgan fingerprint density at radius 1 is 0.667 bits per heavy atom. The van der Waals surface area contributed by atoms with Crippen molar-refractivity contribution in [2.75, 3.05) is 36.0 Å². The average Bonchev–Trinajstić information content (AvgIpc) is 2.79. The standard InChI is InChI=1S/C28H36N2/c1-6-29(7-2)26-18-14-24(15-19-26)28(23-12-10-22(5)11-13-23)25-16-20-27(21-17-25)30(8-3)9-4/h10-21,23,28H,5-9H2,1-4H3. The minimum atomic E-state index is 0.294. The molecule has 2 aromatic carbocycles. The summed E-state index contributed by atoms with van der Waals surface area (Å²) < 4.78 is 0. The van der Waals surface area contributed by atoms with Crippen molar-refractivity contribution in [3.05, 3.63) is 96.1 Å². The van der Waals surface area contributed by atoms with Crippen molar-refractivity contribution in [1.82, 2.24) is 0 Å². The van der Waals surface area contributed by atoms with Gasteiger partial charge in [0.05, 0.1) is 0 Å². The van der Waals surface area contributed by atoms with E-state index in [2.05, 4.69) is 117 Å². The Balaban J connectivity index is 1.96. The molecule has 30 heavy (non-hydrogen) atoms. The Labute approximate surface area is 183 Å². The molecule has 2 nitrogen and oxygen atoms in total. The highest BCUT2D eigenvalue weighted by Crippen LogP contribution is 2.37. The predicted molar refractivity (Wildman–Crippen MR) is 133 cm³/mol. The second kappa shape index (κ2) is 10.3. The van der Waals surface area contributed by atoms with E-state index in [4.69, 9.17) is 0 Å². The van der Waals surface area contributed by atoms with Crippen LogP contribution in [0.5, 0.6) is 0 Å². The molecule has 0 spiro atoms. The van der Waals surface area contributed by atoms with Crippen molar-refractivity contribution in [3.63, 3.8) is 0 Å². The van der Waals surface area contributed by atoms with Crippen molar-refractivity contribution >= 4 is 11.4 Å². The third kappa shape index (κ3) is 4.87. The molecule has 0 radical (unpaired) electrons.